The van der Waals surface area contributed by atoms with E-state index < -0.39 is 0 Å². The molecule has 114 valence electrons. The lowest BCUT2D eigenvalue weighted by Gasteiger charge is -2.21. The van der Waals surface area contributed by atoms with Crippen molar-refractivity contribution in [1.29, 1.82) is 0 Å². The van der Waals surface area contributed by atoms with Crippen molar-refractivity contribution in [2.45, 2.75) is 6.42 Å². The van der Waals surface area contributed by atoms with Crippen LogP contribution < -0.4 is 5.32 Å². The van der Waals surface area contributed by atoms with Gasteiger partial charge in [-0.25, -0.2) is 4.79 Å². The number of urea groups is 1. The summed E-state index contributed by atoms with van der Waals surface area (Å²) in [4.78, 5) is 13.7. The first-order chi connectivity index (χ1) is 10.2. The lowest BCUT2D eigenvalue weighted by Crippen LogP contribution is -2.38. The Morgan fingerprint density at radius 1 is 1.24 bits per heavy atom. The van der Waals surface area contributed by atoms with E-state index in [0.717, 1.165) is 10.1 Å². The number of carbonyl (C=O) groups is 1. The Bertz CT molecular complexity index is 617. The molecule has 0 aliphatic rings. The normalized spacial score (nSPS) is 10.8. The van der Waals surface area contributed by atoms with Gasteiger partial charge in [-0.3, -0.25) is 5.32 Å². The molecule has 0 atom stereocenters. The van der Waals surface area contributed by atoms with Gasteiger partial charge in [0.1, 0.15) is 5.00 Å². The second-order valence-electron chi connectivity index (χ2n) is 4.46. The molecule has 0 saturated heterocycles. The van der Waals surface area contributed by atoms with Crippen molar-refractivity contribution in [3.63, 3.8) is 0 Å². The Balaban J connectivity index is 2.13. The van der Waals surface area contributed by atoms with Gasteiger partial charge in [0.25, 0.3) is 0 Å². The third-order valence-corrected chi connectivity index (χ3v) is 4.59. The fraction of sp³-hybridized carbons (Fsp3) is 0.357. The fourth-order valence-corrected chi connectivity index (χ4v) is 3.34. The van der Waals surface area contributed by atoms with E-state index in [0.29, 0.717) is 23.0 Å². The summed E-state index contributed by atoms with van der Waals surface area (Å²) >= 11 is 7.68. The maximum absolute atomic E-state index is 12.2. The Kier molecular flexibility index (Phi) is 5.81. The van der Waals surface area contributed by atoms with Gasteiger partial charge in [-0.1, -0.05) is 29.8 Å². The van der Waals surface area contributed by atoms with E-state index in [4.69, 9.17) is 21.8 Å². The van der Waals surface area contributed by atoms with Gasteiger partial charge in [-0.05, 0) is 12.5 Å². The Labute approximate surface area is 131 Å². The molecule has 3 N–H and O–H groups in total. The van der Waals surface area contributed by atoms with Crippen LogP contribution in [0.5, 0.6) is 0 Å². The number of thiophene rings is 1. The molecule has 2 rings (SSSR count). The number of nitrogens with one attached hydrogen (secondary N) is 1. The lowest BCUT2D eigenvalue weighted by molar-refractivity contribution is 0.180. The van der Waals surface area contributed by atoms with Gasteiger partial charge in [-0.2, -0.15) is 0 Å². The van der Waals surface area contributed by atoms with Gasteiger partial charge in [0, 0.05) is 29.8 Å². The van der Waals surface area contributed by atoms with Crippen molar-refractivity contribution in [3.05, 3.63) is 29.3 Å². The molecule has 0 aliphatic heterocycles. The molecule has 0 saturated carbocycles. The molecule has 0 fully saturated rings. The molecule has 1 aromatic carbocycles. The number of aliphatic hydroxyl groups excluding tert-OH is 2. The van der Waals surface area contributed by atoms with Crippen LogP contribution in [0, 0.1) is 0 Å². The molecular formula is C14H17ClN2O3S. The number of amides is 2. The van der Waals surface area contributed by atoms with Crippen LogP contribution in [0.25, 0.3) is 10.1 Å². The van der Waals surface area contributed by atoms with Crippen LogP contribution in [0.1, 0.15) is 6.42 Å². The monoisotopic (exact) mass is 328 g/mol. The van der Waals surface area contributed by atoms with Gasteiger partial charge in [0.2, 0.25) is 0 Å². The summed E-state index contributed by atoms with van der Waals surface area (Å²) in [6.07, 6.45) is 0.466. The number of hydrogen-bond donors (Lipinski definition) is 3. The highest BCUT2D eigenvalue weighted by Gasteiger charge is 2.17. The average molecular weight is 329 g/mol. The SMILES string of the molecule is O=C(Nc1sc2ccccc2c1Cl)N(CCO)CCCO. The van der Waals surface area contributed by atoms with Crippen molar-refractivity contribution in [1.82, 2.24) is 4.90 Å². The highest BCUT2D eigenvalue weighted by atomic mass is 35.5. The van der Waals surface area contributed by atoms with E-state index >= 15 is 0 Å². The van der Waals surface area contributed by atoms with E-state index in [1.54, 1.807) is 0 Å². The minimum absolute atomic E-state index is 0.00114. The molecule has 2 aromatic rings. The molecule has 2 amide bonds. The van der Waals surface area contributed by atoms with Crippen molar-refractivity contribution in [2.75, 3.05) is 31.6 Å². The maximum atomic E-state index is 12.2. The van der Waals surface area contributed by atoms with Crippen molar-refractivity contribution in [2.24, 2.45) is 0 Å². The third kappa shape index (κ3) is 3.85. The molecule has 0 unspecified atom stereocenters. The molecule has 5 nitrogen and oxygen atoms in total. The summed E-state index contributed by atoms with van der Waals surface area (Å²) in [5.41, 5.74) is 0. The van der Waals surface area contributed by atoms with Crippen LogP contribution in [0.4, 0.5) is 9.80 Å². The van der Waals surface area contributed by atoms with Crippen LogP contribution >= 0.6 is 22.9 Å². The lowest BCUT2D eigenvalue weighted by atomic mass is 10.3. The Morgan fingerprint density at radius 3 is 2.67 bits per heavy atom. The predicted octanol–water partition coefficient (Wildman–Crippen LogP) is 2.76. The number of carbonyl (C=O) groups excluding carboxylic acids is 1. The van der Waals surface area contributed by atoms with Gasteiger partial charge in [-0.15, -0.1) is 11.3 Å². The largest absolute Gasteiger partial charge is 0.396 e. The maximum Gasteiger partial charge on any atom is 0.322 e. The van der Waals surface area contributed by atoms with E-state index in [9.17, 15) is 4.79 Å². The molecule has 0 spiro atoms. The topological polar surface area (TPSA) is 72.8 Å². The van der Waals surface area contributed by atoms with E-state index in [1.807, 2.05) is 24.3 Å². The van der Waals surface area contributed by atoms with Crippen LogP contribution in [-0.4, -0.2) is 47.4 Å². The number of anilines is 1. The summed E-state index contributed by atoms with van der Waals surface area (Å²) in [5.74, 6) is 0. The van der Waals surface area contributed by atoms with Crippen LogP contribution in [-0.2, 0) is 0 Å². The van der Waals surface area contributed by atoms with Crippen LogP contribution in [0.3, 0.4) is 0 Å². The first-order valence-corrected chi connectivity index (χ1v) is 7.81. The highest BCUT2D eigenvalue weighted by Crippen LogP contribution is 2.39. The number of benzene rings is 1. The zero-order valence-electron chi connectivity index (χ0n) is 11.4. The minimum atomic E-state index is -0.328. The van der Waals surface area contributed by atoms with Gasteiger partial charge < -0.3 is 15.1 Å². The van der Waals surface area contributed by atoms with Gasteiger partial charge >= 0.3 is 6.03 Å². The van der Waals surface area contributed by atoms with E-state index in [1.165, 1.54) is 16.2 Å². The number of hydrogen-bond acceptors (Lipinski definition) is 4. The number of rotatable bonds is 6. The second-order valence-corrected chi connectivity index (χ2v) is 5.89. The second kappa shape index (κ2) is 7.61. The molecule has 0 bridgehead atoms. The number of nitrogens with zero attached hydrogens (tertiary/aromatic N) is 1. The number of aliphatic hydroxyl groups is 2. The fourth-order valence-electron chi connectivity index (χ4n) is 1.97. The molecular weight excluding hydrogens is 312 g/mol. The Morgan fingerprint density at radius 2 is 2.00 bits per heavy atom. The average Bonchev–Trinajstić information content (AvgIpc) is 2.80. The van der Waals surface area contributed by atoms with E-state index in [-0.39, 0.29) is 25.8 Å². The quantitative estimate of drug-likeness (QED) is 0.763. The molecule has 0 radical (unpaired) electrons. The minimum Gasteiger partial charge on any atom is -0.396 e. The molecule has 0 aliphatic carbocycles. The zero-order valence-corrected chi connectivity index (χ0v) is 13.0. The summed E-state index contributed by atoms with van der Waals surface area (Å²) in [6.45, 7) is 0.470. The van der Waals surface area contributed by atoms with Crippen LogP contribution in [0.15, 0.2) is 24.3 Å². The van der Waals surface area contributed by atoms with Gasteiger partial charge in [0.15, 0.2) is 0 Å². The zero-order chi connectivity index (χ0) is 15.2. The predicted molar refractivity (Wildman–Crippen MR) is 86.2 cm³/mol. The Hall–Kier alpha value is -1.34. The standard InChI is InChI=1S/C14H17ClN2O3S/c15-12-10-4-1-2-5-11(10)21-13(12)16-14(20)17(7-9-19)6-3-8-18/h1-2,4-5,18-19H,3,6-9H2,(H,16,20). The highest BCUT2D eigenvalue weighted by molar-refractivity contribution is 7.23. The molecule has 7 heteroatoms. The summed E-state index contributed by atoms with van der Waals surface area (Å²) in [6, 6.07) is 7.33. The molecule has 21 heavy (non-hydrogen) atoms. The first kappa shape index (κ1) is 16.0. The molecule has 1 aromatic heterocycles. The van der Waals surface area contributed by atoms with E-state index in [2.05, 4.69) is 5.32 Å². The van der Waals surface area contributed by atoms with Crippen LogP contribution in [0.2, 0.25) is 5.02 Å². The molecule has 1 heterocycles. The van der Waals surface area contributed by atoms with Crippen molar-refractivity contribution < 1.29 is 15.0 Å². The third-order valence-electron chi connectivity index (χ3n) is 3.00. The summed E-state index contributed by atoms with van der Waals surface area (Å²) < 4.78 is 1.00. The van der Waals surface area contributed by atoms with Crippen molar-refractivity contribution >= 4 is 44.1 Å². The number of halogens is 1. The first-order valence-electron chi connectivity index (χ1n) is 6.62. The summed E-state index contributed by atoms with van der Waals surface area (Å²) in [5, 5.41) is 22.7. The smallest absolute Gasteiger partial charge is 0.322 e. The van der Waals surface area contributed by atoms with Crippen molar-refractivity contribution in [3.8, 4) is 0 Å². The number of fused-ring (bicyclic) bond motifs is 1. The summed E-state index contributed by atoms with van der Waals surface area (Å²) in [7, 11) is 0. The van der Waals surface area contributed by atoms with Gasteiger partial charge in [0.05, 0.1) is 11.6 Å².